The van der Waals surface area contributed by atoms with Crippen molar-refractivity contribution in [2.75, 3.05) is 5.32 Å². The molecule has 54 heavy (non-hydrogen) atoms. The average Bonchev–Trinajstić information content (AvgIpc) is 3.12. The summed E-state index contributed by atoms with van der Waals surface area (Å²) in [6.45, 7) is 0. The molecule has 272 valence electrons. The maximum atomic E-state index is 14.1. The first-order valence-corrected chi connectivity index (χ1v) is 15.4. The van der Waals surface area contributed by atoms with Crippen LogP contribution in [0.2, 0.25) is 0 Å². The maximum Gasteiger partial charge on any atom is 0.427 e. The largest absolute Gasteiger partial charge is 0.507 e. The fourth-order valence-electron chi connectivity index (χ4n) is 5.28. The molecule has 7 rings (SSSR count). The van der Waals surface area contributed by atoms with Crippen LogP contribution in [0.1, 0.15) is 10.4 Å². The Morgan fingerprint density at radius 2 is 1.11 bits per heavy atom. The molecule has 2 N–H and O–H groups in total. The number of nitrogens with zero attached hydrogens (tertiary/aromatic N) is 1. The van der Waals surface area contributed by atoms with Gasteiger partial charge in [0.1, 0.15) is 57.9 Å². The summed E-state index contributed by atoms with van der Waals surface area (Å²) >= 11 is 0. The van der Waals surface area contributed by atoms with Crippen LogP contribution in [0.15, 0.2) is 123 Å². The van der Waals surface area contributed by atoms with Gasteiger partial charge in [-0.15, -0.1) is 0 Å². The Hall–Kier alpha value is -7.03. The normalized spacial score (nSPS) is 10.9. The summed E-state index contributed by atoms with van der Waals surface area (Å²) in [6, 6.07) is 18.2. The first-order chi connectivity index (χ1) is 25.7. The summed E-state index contributed by atoms with van der Waals surface area (Å²) < 4.78 is 114. The lowest BCUT2D eigenvalue weighted by Crippen LogP contribution is -2.31. The molecule has 0 spiro atoms. The number of aromatic nitrogens is 1. The average molecular weight is 749 g/mol. The van der Waals surface area contributed by atoms with Crippen molar-refractivity contribution in [2.45, 2.75) is 0 Å². The SMILES string of the molecule is O=C(Nc1cc(F)ccc1F)c1cc(-c2ccc(F)cc2F)ccc1O.O=c1oc2ccc(-c3ccc(F)cc3F)cc2c(=O)n1-c1cc(F)ccc1F. The molecule has 7 aromatic rings. The molecule has 7 nitrogen and oxygen atoms in total. The molecule has 0 radical (unpaired) electrons. The number of carbonyl (C=O) groups excluding carboxylic acids is 1. The van der Waals surface area contributed by atoms with Crippen LogP contribution in [0.5, 0.6) is 5.75 Å². The van der Waals surface area contributed by atoms with Crippen molar-refractivity contribution >= 4 is 22.6 Å². The molecule has 1 heterocycles. The molecule has 15 heteroatoms. The van der Waals surface area contributed by atoms with Crippen LogP contribution in [0.4, 0.5) is 40.8 Å². The first kappa shape index (κ1) is 36.8. The van der Waals surface area contributed by atoms with Crippen molar-refractivity contribution in [3.05, 3.63) is 182 Å². The van der Waals surface area contributed by atoms with Crippen LogP contribution in [-0.4, -0.2) is 15.6 Å². The zero-order valence-corrected chi connectivity index (χ0v) is 26.9. The van der Waals surface area contributed by atoms with Gasteiger partial charge in [-0.2, -0.15) is 0 Å². The molecule has 0 fully saturated rings. The highest BCUT2D eigenvalue weighted by atomic mass is 19.2. The summed E-state index contributed by atoms with van der Waals surface area (Å²) in [7, 11) is 0. The molecule has 0 aliphatic rings. The van der Waals surface area contributed by atoms with Gasteiger partial charge in [-0.25, -0.2) is 44.5 Å². The third kappa shape index (κ3) is 7.60. The molecular weight excluding hydrogens is 728 g/mol. The zero-order valence-electron chi connectivity index (χ0n) is 26.9. The first-order valence-electron chi connectivity index (χ1n) is 15.4. The van der Waals surface area contributed by atoms with Crippen LogP contribution in [0, 0.1) is 46.5 Å². The summed E-state index contributed by atoms with van der Waals surface area (Å²) in [5, 5.41) is 11.9. The van der Waals surface area contributed by atoms with E-state index in [-0.39, 0.29) is 38.8 Å². The van der Waals surface area contributed by atoms with Gasteiger partial charge in [0.05, 0.1) is 22.3 Å². The Balaban J connectivity index is 0.000000185. The van der Waals surface area contributed by atoms with Gasteiger partial charge in [0, 0.05) is 35.4 Å². The number of hydrogen-bond donors (Lipinski definition) is 2. The number of amides is 1. The highest BCUT2D eigenvalue weighted by Gasteiger charge is 2.19. The molecule has 1 amide bonds. The number of fused-ring (bicyclic) bond motifs is 1. The van der Waals surface area contributed by atoms with E-state index in [4.69, 9.17) is 4.42 Å². The summed E-state index contributed by atoms with van der Waals surface area (Å²) in [6.07, 6.45) is 0. The van der Waals surface area contributed by atoms with Gasteiger partial charge in [0.15, 0.2) is 0 Å². The lowest BCUT2D eigenvalue weighted by atomic mass is 10.0. The molecule has 6 aromatic carbocycles. The highest BCUT2D eigenvalue weighted by Crippen LogP contribution is 2.30. The molecule has 0 saturated carbocycles. The number of phenolic OH excluding ortho intramolecular Hbond substituents is 1. The number of halogens is 8. The number of phenols is 1. The van der Waals surface area contributed by atoms with Crippen molar-refractivity contribution in [3.8, 4) is 33.7 Å². The molecule has 0 unspecified atom stereocenters. The van der Waals surface area contributed by atoms with Crippen LogP contribution in [-0.2, 0) is 0 Å². The fourth-order valence-corrected chi connectivity index (χ4v) is 5.28. The Kier molecular flexibility index (Phi) is 10.1. The molecular formula is C39H20F8N2O5. The maximum absolute atomic E-state index is 14.1. The van der Waals surface area contributed by atoms with Crippen LogP contribution >= 0.6 is 0 Å². The van der Waals surface area contributed by atoms with Crippen molar-refractivity contribution in [1.82, 2.24) is 4.57 Å². The van der Waals surface area contributed by atoms with Crippen molar-refractivity contribution < 1.29 is 49.4 Å². The van der Waals surface area contributed by atoms with E-state index in [0.717, 1.165) is 54.6 Å². The predicted octanol–water partition coefficient (Wildman–Crippen LogP) is 9.04. The van der Waals surface area contributed by atoms with Gasteiger partial charge in [-0.05, 0) is 83.9 Å². The number of hydrogen-bond acceptors (Lipinski definition) is 5. The van der Waals surface area contributed by atoms with E-state index in [1.165, 1.54) is 36.4 Å². The molecule has 0 aliphatic heterocycles. The van der Waals surface area contributed by atoms with Gasteiger partial charge in [0.2, 0.25) is 0 Å². The Morgan fingerprint density at radius 3 is 1.74 bits per heavy atom. The Morgan fingerprint density at radius 1 is 0.574 bits per heavy atom. The van der Waals surface area contributed by atoms with E-state index in [1.54, 1.807) is 0 Å². The molecule has 0 saturated heterocycles. The van der Waals surface area contributed by atoms with Crippen LogP contribution in [0.3, 0.4) is 0 Å². The van der Waals surface area contributed by atoms with Gasteiger partial charge in [0.25, 0.3) is 11.5 Å². The minimum atomic E-state index is -1.21. The number of aromatic hydroxyl groups is 1. The Bertz CT molecular complexity index is 2730. The number of nitrogens with one attached hydrogen (secondary N) is 1. The molecule has 0 atom stereocenters. The smallest absolute Gasteiger partial charge is 0.427 e. The topological polar surface area (TPSA) is 102 Å². The summed E-state index contributed by atoms with van der Waals surface area (Å²) in [5.41, 5.74) is -1.96. The van der Waals surface area contributed by atoms with E-state index in [9.17, 15) is 54.6 Å². The monoisotopic (exact) mass is 748 g/mol. The van der Waals surface area contributed by atoms with Crippen LogP contribution < -0.4 is 16.6 Å². The second kappa shape index (κ2) is 14.9. The van der Waals surface area contributed by atoms with Crippen molar-refractivity contribution in [2.24, 2.45) is 0 Å². The third-order valence-electron chi connectivity index (χ3n) is 7.84. The third-order valence-corrected chi connectivity index (χ3v) is 7.84. The van der Waals surface area contributed by atoms with Gasteiger partial charge in [-0.1, -0.05) is 12.1 Å². The summed E-state index contributed by atoms with van der Waals surface area (Å²) in [5.74, 6) is -9.27. The second-order valence-corrected chi connectivity index (χ2v) is 11.4. The van der Waals surface area contributed by atoms with E-state index >= 15 is 0 Å². The quantitative estimate of drug-likeness (QED) is 0.171. The van der Waals surface area contributed by atoms with Gasteiger partial charge >= 0.3 is 5.76 Å². The van der Waals surface area contributed by atoms with E-state index < -0.39 is 80.9 Å². The number of anilines is 1. The van der Waals surface area contributed by atoms with Crippen molar-refractivity contribution in [1.29, 1.82) is 0 Å². The van der Waals surface area contributed by atoms with E-state index in [1.807, 2.05) is 0 Å². The molecule has 0 bridgehead atoms. The van der Waals surface area contributed by atoms with Gasteiger partial charge in [-0.3, -0.25) is 9.59 Å². The lowest BCUT2D eigenvalue weighted by molar-refractivity contribution is 0.102. The highest BCUT2D eigenvalue weighted by molar-refractivity contribution is 6.07. The fraction of sp³-hybridized carbons (Fsp3) is 0. The minimum Gasteiger partial charge on any atom is -0.507 e. The van der Waals surface area contributed by atoms with E-state index in [2.05, 4.69) is 5.32 Å². The zero-order chi connectivity index (χ0) is 38.8. The standard InChI is InChI=1S/C20H9F4NO3.C19H11F4NO2/c21-11-2-4-13(16(24)8-11)10-1-6-18-14(7-10)19(26)25(20(27)28-18)17-9-12(22)3-5-15(17)23;20-11-2-4-13(16(23)8-11)10-1-6-18(25)14(7-10)19(26)24-17-9-12(21)3-5-15(17)22/h1-9H;1-9,25H,(H,24,26). The molecule has 0 aliphatic carbocycles. The number of benzene rings is 6. The minimum absolute atomic E-state index is 0.0115. The van der Waals surface area contributed by atoms with Crippen molar-refractivity contribution in [3.63, 3.8) is 0 Å². The number of rotatable bonds is 5. The predicted molar refractivity (Wildman–Crippen MR) is 181 cm³/mol. The lowest BCUT2D eigenvalue weighted by Gasteiger charge is -2.10. The number of carbonyl (C=O) groups is 1. The van der Waals surface area contributed by atoms with E-state index in [0.29, 0.717) is 22.8 Å². The summed E-state index contributed by atoms with van der Waals surface area (Å²) in [4.78, 5) is 37.3. The second-order valence-electron chi connectivity index (χ2n) is 11.4. The Labute approximate surface area is 297 Å². The van der Waals surface area contributed by atoms with Gasteiger partial charge < -0.3 is 14.8 Å². The van der Waals surface area contributed by atoms with Crippen LogP contribution in [0.25, 0.3) is 38.9 Å². The molecule has 1 aromatic heterocycles.